The summed E-state index contributed by atoms with van der Waals surface area (Å²) in [6, 6.07) is 19.1. The Kier molecular flexibility index (Phi) is 9.89. The molecular formula is C26H39N3O3S. The molecule has 1 fully saturated rings. The molecule has 0 radical (unpaired) electrons. The highest BCUT2D eigenvalue weighted by atomic mass is 32.2. The molecule has 182 valence electrons. The number of sulfonamides is 1. The van der Waals surface area contributed by atoms with Crippen molar-refractivity contribution in [3.8, 4) is 0 Å². The standard InChI is InChI=1S/C26H39N3O3S/c1-22(2)21-32-26(27-19-24-11-6-4-7-12-24)23(3)20-28-15-10-16-29(18-17-28)33(30,31)25-13-8-5-9-14-25/h4-9,11-14,22-23,26-27H,10,15-21H2,1-3H3. The molecule has 0 bridgehead atoms. The molecule has 3 rings (SSSR count). The number of ether oxygens (including phenoxy) is 1. The largest absolute Gasteiger partial charge is 0.363 e. The zero-order chi connectivity index (χ0) is 23.7. The fraction of sp³-hybridized carbons (Fsp3) is 0.538. The van der Waals surface area contributed by atoms with E-state index in [-0.39, 0.29) is 12.1 Å². The van der Waals surface area contributed by atoms with Gasteiger partial charge in [0.1, 0.15) is 6.23 Å². The van der Waals surface area contributed by atoms with E-state index >= 15 is 0 Å². The van der Waals surface area contributed by atoms with Gasteiger partial charge in [0.05, 0.1) is 11.5 Å². The maximum absolute atomic E-state index is 13.0. The monoisotopic (exact) mass is 473 g/mol. The number of benzene rings is 2. The van der Waals surface area contributed by atoms with Crippen LogP contribution >= 0.6 is 0 Å². The maximum Gasteiger partial charge on any atom is 0.243 e. The van der Waals surface area contributed by atoms with Crippen LogP contribution in [0.2, 0.25) is 0 Å². The summed E-state index contributed by atoms with van der Waals surface area (Å²) in [5.41, 5.74) is 1.24. The molecule has 2 unspecified atom stereocenters. The van der Waals surface area contributed by atoms with Crippen LogP contribution in [0.5, 0.6) is 0 Å². The third-order valence-corrected chi connectivity index (χ3v) is 7.86. The lowest BCUT2D eigenvalue weighted by atomic mass is 10.1. The van der Waals surface area contributed by atoms with E-state index in [1.54, 1.807) is 28.6 Å². The minimum absolute atomic E-state index is 0.0555. The third-order valence-electron chi connectivity index (χ3n) is 5.95. The van der Waals surface area contributed by atoms with Gasteiger partial charge in [0.2, 0.25) is 10.0 Å². The van der Waals surface area contributed by atoms with Gasteiger partial charge in [-0.25, -0.2) is 8.42 Å². The van der Waals surface area contributed by atoms with E-state index < -0.39 is 10.0 Å². The first-order chi connectivity index (χ1) is 15.9. The van der Waals surface area contributed by atoms with Gasteiger partial charge in [0.15, 0.2) is 0 Å². The maximum atomic E-state index is 13.0. The zero-order valence-electron chi connectivity index (χ0n) is 20.2. The topological polar surface area (TPSA) is 61.9 Å². The van der Waals surface area contributed by atoms with Crippen molar-refractivity contribution in [3.05, 3.63) is 66.2 Å². The van der Waals surface area contributed by atoms with Crippen LogP contribution in [-0.2, 0) is 21.3 Å². The van der Waals surface area contributed by atoms with Crippen LogP contribution in [0.25, 0.3) is 0 Å². The number of nitrogens with one attached hydrogen (secondary N) is 1. The van der Waals surface area contributed by atoms with Crippen LogP contribution < -0.4 is 5.32 Å². The van der Waals surface area contributed by atoms with Gasteiger partial charge in [-0.3, -0.25) is 5.32 Å². The minimum atomic E-state index is -3.44. The van der Waals surface area contributed by atoms with Crippen molar-refractivity contribution in [2.75, 3.05) is 39.3 Å². The van der Waals surface area contributed by atoms with Gasteiger partial charge < -0.3 is 9.64 Å². The normalized spacial score (nSPS) is 18.2. The van der Waals surface area contributed by atoms with E-state index in [1.165, 1.54) is 5.56 Å². The van der Waals surface area contributed by atoms with Crippen molar-refractivity contribution in [2.45, 2.75) is 44.9 Å². The Morgan fingerprint density at radius 1 is 0.909 bits per heavy atom. The highest BCUT2D eigenvalue weighted by Crippen LogP contribution is 2.19. The fourth-order valence-electron chi connectivity index (χ4n) is 4.15. The molecule has 1 N–H and O–H groups in total. The van der Waals surface area contributed by atoms with Gasteiger partial charge >= 0.3 is 0 Å². The average molecular weight is 474 g/mol. The van der Waals surface area contributed by atoms with E-state index in [9.17, 15) is 8.42 Å². The number of hydrogen-bond acceptors (Lipinski definition) is 5. The molecule has 2 aromatic carbocycles. The number of nitrogens with zero attached hydrogens (tertiary/aromatic N) is 2. The van der Waals surface area contributed by atoms with Gasteiger partial charge in [-0.2, -0.15) is 4.31 Å². The predicted molar refractivity (Wildman–Crippen MR) is 133 cm³/mol. The van der Waals surface area contributed by atoms with Crippen molar-refractivity contribution in [3.63, 3.8) is 0 Å². The van der Waals surface area contributed by atoms with Gasteiger partial charge in [0, 0.05) is 38.6 Å². The summed E-state index contributed by atoms with van der Waals surface area (Å²) in [6.45, 7) is 11.6. The van der Waals surface area contributed by atoms with E-state index in [4.69, 9.17) is 4.74 Å². The Labute approximate surface area is 200 Å². The second-order valence-electron chi connectivity index (χ2n) is 9.36. The number of hydrogen-bond donors (Lipinski definition) is 1. The molecule has 1 saturated heterocycles. The van der Waals surface area contributed by atoms with Crippen molar-refractivity contribution in [2.24, 2.45) is 11.8 Å². The quantitative estimate of drug-likeness (QED) is 0.503. The minimum Gasteiger partial charge on any atom is -0.363 e. The second kappa shape index (κ2) is 12.6. The Morgan fingerprint density at radius 3 is 2.24 bits per heavy atom. The summed E-state index contributed by atoms with van der Waals surface area (Å²) >= 11 is 0. The molecule has 2 aromatic rings. The van der Waals surface area contributed by atoms with Crippen molar-refractivity contribution in [1.29, 1.82) is 0 Å². The van der Waals surface area contributed by atoms with Crippen LogP contribution in [0.4, 0.5) is 0 Å². The van der Waals surface area contributed by atoms with E-state index in [0.717, 1.165) is 32.6 Å². The lowest BCUT2D eigenvalue weighted by Gasteiger charge is -2.31. The van der Waals surface area contributed by atoms with Crippen molar-refractivity contribution >= 4 is 10.0 Å². The second-order valence-corrected chi connectivity index (χ2v) is 11.3. The Morgan fingerprint density at radius 2 is 1.58 bits per heavy atom. The fourth-order valence-corrected chi connectivity index (χ4v) is 5.64. The SMILES string of the molecule is CC(C)COC(NCc1ccccc1)C(C)CN1CCCN(S(=O)(=O)c2ccccc2)CC1. The van der Waals surface area contributed by atoms with Gasteiger partial charge in [-0.1, -0.05) is 69.3 Å². The van der Waals surface area contributed by atoms with Crippen molar-refractivity contribution < 1.29 is 13.2 Å². The first kappa shape index (κ1) is 25.8. The lowest BCUT2D eigenvalue weighted by molar-refractivity contribution is -0.0277. The highest BCUT2D eigenvalue weighted by Gasteiger charge is 2.28. The molecule has 2 atom stereocenters. The summed E-state index contributed by atoms with van der Waals surface area (Å²) in [4.78, 5) is 2.75. The molecule has 1 aliphatic rings. The highest BCUT2D eigenvalue weighted by molar-refractivity contribution is 7.89. The molecule has 0 aliphatic carbocycles. The number of rotatable bonds is 11. The molecule has 7 heteroatoms. The Balaban J connectivity index is 1.57. The first-order valence-electron chi connectivity index (χ1n) is 12.0. The molecule has 0 aromatic heterocycles. The summed E-state index contributed by atoms with van der Waals surface area (Å²) in [5.74, 6) is 0.734. The van der Waals surface area contributed by atoms with E-state index in [0.29, 0.717) is 30.5 Å². The van der Waals surface area contributed by atoms with Crippen LogP contribution in [0.15, 0.2) is 65.6 Å². The molecule has 0 saturated carbocycles. The summed E-state index contributed by atoms with van der Waals surface area (Å²) in [7, 11) is -3.44. The molecule has 1 heterocycles. The molecule has 1 aliphatic heterocycles. The van der Waals surface area contributed by atoms with E-state index in [2.05, 4.69) is 55.3 Å². The third kappa shape index (κ3) is 7.90. The predicted octanol–water partition coefficient (Wildman–Crippen LogP) is 3.81. The van der Waals surface area contributed by atoms with Gasteiger partial charge in [0.25, 0.3) is 0 Å². The first-order valence-corrected chi connectivity index (χ1v) is 13.5. The van der Waals surface area contributed by atoms with Crippen molar-refractivity contribution in [1.82, 2.24) is 14.5 Å². The van der Waals surface area contributed by atoms with Crippen LogP contribution in [-0.4, -0.2) is 63.2 Å². The molecule has 33 heavy (non-hydrogen) atoms. The molecular weight excluding hydrogens is 434 g/mol. The summed E-state index contributed by atoms with van der Waals surface area (Å²) in [6.07, 6.45) is 0.772. The van der Waals surface area contributed by atoms with Crippen LogP contribution in [0.1, 0.15) is 32.8 Å². The zero-order valence-corrected chi connectivity index (χ0v) is 21.0. The molecule has 6 nitrogen and oxygen atoms in total. The van der Waals surface area contributed by atoms with Gasteiger partial charge in [-0.15, -0.1) is 0 Å². The van der Waals surface area contributed by atoms with Crippen LogP contribution in [0.3, 0.4) is 0 Å². The van der Waals surface area contributed by atoms with Crippen LogP contribution in [0, 0.1) is 11.8 Å². The van der Waals surface area contributed by atoms with Gasteiger partial charge in [-0.05, 0) is 36.6 Å². The lowest BCUT2D eigenvalue weighted by Crippen LogP contribution is -2.44. The average Bonchev–Trinajstić information content (AvgIpc) is 3.06. The molecule has 0 spiro atoms. The van der Waals surface area contributed by atoms with E-state index in [1.807, 2.05) is 12.1 Å². The smallest absolute Gasteiger partial charge is 0.243 e. The summed E-state index contributed by atoms with van der Waals surface area (Å²) in [5, 5.41) is 3.60. The summed E-state index contributed by atoms with van der Waals surface area (Å²) < 4.78 is 33.9. The Bertz CT molecular complexity index is 922. The molecule has 0 amide bonds. The Hall–Kier alpha value is -1.77.